The highest BCUT2D eigenvalue weighted by Crippen LogP contribution is 2.33. The first-order valence-electron chi connectivity index (χ1n) is 9.32. The van der Waals surface area contributed by atoms with Gasteiger partial charge in [0.05, 0.1) is 19.2 Å². The largest absolute Gasteiger partial charge is 0.493 e. The number of anilines is 1. The van der Waals surface area contributed by atoms with Crippen molar-refractivity contribution < 1.29 is 14.2 Å². The Morgan fingerprint density at radius 2 is 2.04 bits per heavy atom. The van der Waals surface area contributed by atoms with Gasteiger partial charge in [0, 0.05) is 31.1 Å². The van der Waals surface area contributed by atoms with Crippen LogP contribution in [0.2, 0.25) is 0 Å². The molecule has 7 heteroatoms. The maximum atomic E-state index is 6.04. The average Bonchev–Trinajstić information content (AvgIpc) is 2.73. The molecule has 2 N–H and O–H groups in total. The summed E-state index contributed by atoms with van der Waals surface area (Å²) in [5.74, 6) is 1.64. The first-order chi connectivity index (χ1) is 13.7. The van der Waals surface area contributed by atoms with Crippen molar-refractivity contribution in [3.63, 3.8) is 0 Å². The number of aromatic nitrogens is 2. The fraction of sp³-hybridized carbons (Fsp3) is 0.333. The Kier molecular flexibility index (Phi) is 5.55. The molecule has 1 aliphatic rings. The molecule has 0 aliphatic carbocycles. The summed E-state index contributed by atoms with van der Waals surface area (Å²) in [7, 11) is 1.60. The van der Waals surface area contributed by atoms with E-state index in [-0.39, 0.29) is 6.10 Å². The van der Waals surface area contributed by atoms with Gasteiger partial charge in [-0.2, -0.15) is 0 Å². The van der Waals surface area contributed by atoms with Crippen molar-refractivity contribution >= 4 is 16.7 Å². The number of morpholine rings is 1. The molecule has 0 saturated carbocycles. The number of nitrogens with two attached hydrogens (primary N) is 1. The van der Waals surface area contributed by atoms with Gasteiger partial charge in [0.15, 0.2) is 11.5 Å². The normalized spacial score (nSPS) is 17.5. The molecule has 0 radical (unpaired) electrons. The summed E-state index contributed by atoms with van der Waals surface area (Å²) >= 11 is 0. The predicted molar refractivity (Wildman–Crippen MR) is 107 cm³/mol. The summed E-state index contributed by atoms with van der Waals surface area (Å²) in [4.78, 5) is 10.7. The minimum absolute atomic E-state index is 0.00617. The van der Waals surface area contributed by atoms with Gasteiger partial charge in [-0.15, -0.1) is 0 Å². The lowest BCUT2D eigenvalue weighted by Crippen LogP contribution is -2.44. The van der Waals surface area contributed by atoms with E-state index < -0.39 is 0 Å². The third-order valence-corrected chi connectivity index (χ3v) is 4.85. The summed E-state index contributed by atoms with van der Waals surface area (Å²) in [6.45, 7) is 3.78. The zero-order valence-corrected chi connectivity index (χ0v) is 15.9. The number of ether oxygens (including phenoxy) is 3. The SMILES string of the molecule is COc1cc2c(N)ncnc2cc1OCC1CN(Cc2ccccc2)CCO1. The van der Waals surface area contributed by atoms with Crippen LogP contribution in [-0.2, 0) is 11.3 Å². The van der Waals surface area contributed by atoms with Crippen molar-refractivity contribution in [3.05, 3.63) is 54.4 Å². The second-order valence-corrected chi connectivity index (χ2v) is 6.80. The number of hydrogen-bond acceptors (Lipinski definition) is 7. The first kappa shape index (κ1) is 18.5. The van der Waals surface area contributed by atoms with Crippen molar-refractivity contribution in [1.82, 2.24) is 14.9 Å². The predicted octanol–water partition coefficient (Wildman–Crippen LogP) is 2.50. The van der Waals surface area contributed by atoms with E-state index in [0.717, 1.165) is 30.5 Å². The van der Waals surface area contributed by atoms with Gasteiger partial charge in [0.25, 0.3) is 0 Å². The number of fused-ring (bicyclic) bond motifs is 1. The van der Waals surface area contributed by atoms with Crippen LogP contribution < -0.4 is 15.2 Å². The molecule has 0 amide bonds. The van der Waals surface area contributed by atoms with Crippen molar-refractivity contribution in [2.24, 2.45) is 0 Å². The van der Waals surface area contributed by atoms with E-state index in [1.165, 1.54) is 11.9 Å². The van der Waals surface area contributed by atoms with Gasteiger partial charge < -0.3 is 19.9 Å². The fourth-order valence-corrected chi connectivity index (χ4v) is 3.41. The topological polar surface area (TPSA) is 82.7 Å². The molecule has 146 valence electrons. The standard InChI is InChI=1S/C21H24N4O3/c1-26-19-9-17-18(23-14-24-21(17)22)10-20(19)28-13-16-12-25(7-8-27-16)11-15-5-3-2-4-6-15/h2-6,9-10,14,16H,7-8,11-13H2,1H3,(H2,22,23,24). The zero-order valence-electron chi connectivity index (χ0n) is 15.9. The van der Waals surface area contributed by atoms with E-state index in [0.29, 0.717) is 30.5 Å². The molecular weight excluding hydrogens is 356 g/mol. The van der Waals surface area contributed by atoms with E-state index in [2.05, 4.69) is 39.1 Å². The fourth-order valence-electron chi connectivity index (χ4n) is 3.41. The molecular formula is C21H24N4O3. The van der Waals surface area contributed by atoms with Crippen LogP contribution >= 0.6 is 0 Å². The van der Waals surface area contributed by atoms with Crippen LogP contribution in [-0.4, -0.2) is 54.4 Å². The van der Waals surface area contributed by atoms with Crippen molar-refractivity contribution in [2.45, 2.75) is 12.6 Å². The minimum atomic E-state index is -0.00617. The Balaban J connectivity index is 1.42. The number of benzene rings is 2. The number of rotatable bonds is 6. The van der Waals surface area contributed by atoms with Crippen LogP contribution in [0.1, 0.15) is 5.56 Å². The lowest BCUT2D eigenvalue weighted by Gasteiger charge is -2.32. The Hall–Kier alpha value is -2.90. The van der Waals surface area contributed by atoms with Gasteiger partial charge in [-0.05, 0) is 11.6 Å². The van der Waals surface area contributed by atoms with Crippen LogP contribution in [0.25, 0.3) is 10.9 Å². The molecule has 1 fully saturated rings. The number of nitrogen functional groups attached to an aromatic ring is 1. The third kappa shape index (κ3) is 4.16. The Morgan fingerprint density at radius 3 is 2.86 bits per heavy atom. The second-order valence-electron chi connectivity index (χ2n) is 6.80. The smallest absolute Gasteiger partial charge is 0.163 e. The molecule has 0 spiro atoms. The van der Waals surface area contributed by atoms with Crippen molar-refractivity contribution in [3.8, 4) is 11.5 Å². The molecule has 1 unspecified atom stereocenters. The molecule has 2 aromatic carbocycles. The lowest BCUT2D eigenvalue weighted by atomic mass is 10.2. The van der Waals surface area contributed by atoms with Crippen LogP contribution in [0.4, 0.5) is 5.82 Å². The van der Waals surface area contributed by atoms with E-state index in [1.807, 2.05) is 18.2 Å². The summed E-state index contributed by atoms with van der Waals surface area (Å²) in [5.41, 5.74) is 7.95. The molecule has 3 aromatic rings. The van der Waals surface area contributed by atoms with Crippen molar-refractivity contribution in [1.29, 1.82) is 0 Å². The molecule has 0 bridgehead atoms. The minimum Gasteiger partial charge on any atom is -0.493 e. The van der Waals surface area contributed by atoms with E-state index >= 15 is 0 Å². The summed E-state index contributed by atoms with van der Waals surface area (Å²) in [6.07, 6.45) is 1.44. The highest BCUT2D eigenvalue weighted by atomic mass is 16.5. The van der Waals surface area contributed by atoms with Crippen LogP contribution in [0, 0.1) is 0 Å². The average molecular weight is 380 g/mol. The number of nitrogens with zero attached hydrogens (tertiary/aromatic N) is 3. The van der Waals surface area contributed by atoms with Gasteiger partial charge in [-0.25, -0.2) is 9.97 Å². The highest BCUT2D eigenvalue weighted by molar-refractivity contribution is 5.90. The van der Waals surface area contributed by atoms with Crippen LogP contribution in [0.3, 0.4) is 0 Å². The Labute approximate surface area is 164 Å². The van der Waals surface area contributed by atoms with Crippen LogP contribution in [0.15, 0.2) is 48.8 Å². The number of methoxy groups -OCH3 is 1. The maximum Gasteiger partial charge on any atom is 0.163 e. The summed E-state index contributed by atoms with van der Waals surface area (Å²) < 4.78 is 17.4. The Bertz CT molecular complexity index is 936. The number of hydrogen-bond donors (Lipinski definition) is 1. The first-order valence-corrected chi connectivity index (χ1v) is 9.32. The quantitative estimate of drug-likeness (QED) is 0.703. The van der Waals surface area contributed by atoms with Crippen LogP contribution in [0.5, 0.6) is 11.5 Å². The van der Waals surface area contributed by atoms with Gasteiger partial charge in [0.1, 0.15) is 24.9 Å². The van der Waals surface area contributed by atoms with Gasteiger partial charge in [0.2, 0.25) is 0 Å². The molecule has 1 atom stereocenters. The molecule has 1 saturated heterocycles. The van der Waals surface area contributed by atoms with E-state index in [1.54, 1.807) is 7.11 Å². The molecule has 2 heterocycles. The van der Waals surface area contributed by atoms with Gasteiger partial charge >= 0.3 is 0 Å². The molecule has 7 nitrogen and oxygen atoms in total. The van der Waals surface area contributed by atoms with Crippen molar-refractivity contribution in [2.75, 3.05) is 39.1 Å². The third-order valence-electron chi connectivity index (χ3n) is 4.85. The monoisotopic (exact) mass is 380 g/mol. The molecule has 28 heavy (non-hydrogen) atoms. The molecule has 4 rings (SSSR count). The lowest BCUT2D eigenvalue weighted by molar-refractivity contribution is -0.0506. The van der Waals surface area contributed by atoms with Gasteiger partial charge in [-0.1, -0.05) is 30.3 Å². The zero-order chi connectivity index (χ0) is 19.3. The highest BCUT2D eigenvalue weighted by Gasteiger charge is 2.22. The second kappa shape index (κ2) is 8.41. The van der Waals surface area contributed by atoms with E-state index in [4.69, 9.17) is 19.9 Å². The van der Waals surface area contributed by atoms with E-state index in [9.17, 15) is 0 Å². The summed E-state index contributed by atoms with van der Waals surface area (Å²) in [6, 6.07) is 14.1. The summed E-state index contributed by atoms with van der Waals surface area (Å²) in [5, 5.41) is 0.745. The molecule has 1 aromatic heterocycles. The molecule has 1 aliphatic heterocycles. The Morgan fingerprint density at radius 1 is 1.18 bits per heavy atom. The maximum absolute atomic E-state index is 6.04. The van der Waals surface area contributed by atoms with Gasteiger partial charge in [-0.3, -0.25) is 4.90 Å².